The molecule has 0 amide bonds. The first kappa shape index (κ1) is 10.8. The number of benzene rings is 1. The van der Waals surface area contributed by atoms with Crippen molar-refractivity contribution >= 4 is 13.2 Å². The molecule has 0 heterocycles. The summed E-state index contributed by atoms with van der Waals surface area (Å²) in [6.45, 7) is 3.56. The second-order valence-electron chi connectivity index (χ2n) is 3.00. The van der Waals surface area contributed by atoms with Gasteiger partial charge in [-0.3, -0.25) is 0 Å². The second-order valence-corrected chi connectivity index (χ2v) is 3.00. The lowest BCUT2D eigenvalue weighted by atomic mass is 9.76. The minimum absolute atomic E-state index is 0.479. The summed E-state index contributed by atoms with van der Waals surface area (Å²) in [7, 11) is -1.41. The van der Waals surface area contributed by atoms with E-state index in [1.807, 2.05) is 30.3 Å². The van der Waals surface area contributed by atoms with Gasteiger partial charge in [0.05, 0.1) is 0 Å². The van der Waals surface area contributed by atoms with E-state index in [0.717, 1.165) is 5.56 Å². The van der Waals surface area contributed by atoms with E-state index in [1.54, 1.807) is 12.2 Å². The summed E-state index contributed by atoms with van der Waals surface area (Å²) in [5.74, 6) is 0. The van der Waals surface area contributed by atoms with Crippen molar-refractivity contribution in [3.8, 4) is 0 Å². The van der Waals surface area contributed by atoms with Crippen LogP contribution in [-0.2, 0) is 0 Å². The van der Waals surface area contributed by atoms with E-state index in [0.29, 0.717) is 11.9 Å². The van der Waals surface area contributed by atoms with Crippen LogP contribution in [-0.4, -0.2) is 17.2 Å². The molecular weight excluding hydrogens is 175 g/mol. The normalized spacial score (nSPS) is 11.1. The van der Waals surface area contributed by atoms with Crippen LogP contribution in [0.25, 0.3) is 6.08 Å². The number of rotatable bonds is 4. The minimum Gasteiger partial charge on any atom is -0.423 e. The van der Waals surface area contributed by atoms with Crippen LogP contribution in [0.2, 0.25) is 0 Å². The van der Waals surface area contributed by atoms with Gasteiger partial charge in [-0.25, -0.2) is 0 Å². The van der Waals surface area contributed by atoms with Gasteiger partial charge in [-0.05, 0) is 17.5 Å². The van der Waals surface area contributed by atoms with Gasteiger partial charge in [-0.2, -0.15) is 0 Å². The molecule has 1 aromatic carbocycles. The number of hydrogen-bond donors (Lipinski definition) is 2. The SMILES string of the molecule is C=CC/C(=C\c1ccccc1)B(O)O. The van der Waals surface area contributed by atoms with Crippen LogP contribution >= 0.6 is 0 Å². The molecule has 0 saturated carbocycles. The largest absolute Gasteiger partial charge is 0.484 e. The van der Waals surface area contributed by atoms with Crippen molar-refractivity contribution in [2.75, 3.05) is 0 Å². The van der Waals surface area contributed by atoms with Gasteiger partial charge in [0.1, 0.15) is 0 Å². The van der Waals surface area contributed by atoms with Gasteiger partial charge in [0.25, 0.3) is 0 Å². The smallest absolute Gasteiger partial charge is 0.423 e. The lowest BCUT2D eigenvalue weighted by Crippen LogP contribution is -2.14. The summed E-state index contributed by atoms with van der Waals surface area (Å²) >= 11 is 0. The molecule has 0 aliphatic rings. The van der Waals surface area contributed by atoms with Crippen LogP contribution in [0.4, 0.5) is 0 Å². The molecule has 0 radical (unpaired) electrons. The third-order valence-corrected chi connectivity index (χ3v) is 1.86. The van der Waals surface area contributed by atoms with Crippen molar-refractivity contribution in [2.45, 2.75) is 6.42 Å². The van der Waals surface area contributed by atoms with E-state index in [2.05, 4.69) is 6.58 Å². The zero-order valence-corrected chi connectivity index (χ0v) is 7.93. The van der Waals surface area contributed by atoms with E-state index in [1.165, 1.54) is 0 Å². The Kier molecular flexibility index (Phi) is 4.17. The Labute approximate surface area is 84.4 Å². The molecule has 2 N–H and O–H groups in total. The molecule has 0 aliphatic carbocycles. The van der Waals surface area contributed by atoms with Crippen molar-refractivity contribution < 1.29 is 10.0 Å². The Bertz CT molecular complexity index is 317. The molecule has 0 fully saturated rings. The zero-order chi connectivity index (χ0) is 10.4. The predicted octanol–water partition coefficient (Wildman–Crippen LogP) is 1.66. The maximum Gasteiger partial charge on any atom is 0.484 e. The zero-order valence-electron chi connectivity index (χ0n) is 7.93. The van der Waals surface area contributed by atoms with Crippen LogP contribution in [0, 0.1) is 0 Å². The summed E-state index contributed by atoms with van der Waals surface area (Å²) in [5, 5.41) is 18.1. The van der Waals surface area contributed by atoms with Crippen LogP contribution in [0.1, 0.15) is 12.0 Å². The Balaban J connectivity index is 2.87. The van der Waals surface area contributed by atoms with Gasteiger partial charge in [0.2, 0.25) is 0 Å². The summed E-state index contributed by atoms with van der Waals surface area (Å²) in [6.07, 6.45) is 3.88. The molecule has 2 nitrogen and oxygen atoms in total. The molecule has 1 aromatic rings. The highest BCUT2D eigenvalue weighted by molar-refractivity contribution is 6.51. The van der Waals surface area contributed by atoms with Crippen LogP contribution in [0.5, 0.6) is 0 Å². The van der Waals surface area contributed by atoms with Crippen molar-refractivity contribution in [1.82, 2.24) is 0 Å². The second kappa shape index (κ2) is 5.42. The molecule has 1 rings (SSSR count). The Morgan fingerprint density at radius 1 is 1.29 bits per heavy atom. The van der Waals surface area contributed by atoms with E-state index in [-0.39, 0.29) is 0 Å². The average Bonchev–Trinajstić information content (AvgIpc) is 2.18. The summed E-state index contributed by atoms with van der Waals surface area (Å²) < 4.78 is 0. The van der Waals surface area contributed by atoms with Gasteiger partial charge in [-0.15, -0.1) is 6.58 Å². The topological polar surface area (TPSA) is 40.5 Å². The fraction of sp³-hybridized carbons (Fsp3) is 0.0909. The number of hydrogen-bond acceptors (Lipinski definition) is 2. The van der Waals surface area contributed by atoms with Crippen molar-refractivity contribution in [3.05, 3.63) is 54.0 Å². The minimum atomic E-state index is -1.41. The maximum atomic E-state index is 9.04. The molecule has 14 heavy (non-hydrogen) atoms. The lowest BCUT2D eigenvalue weighted by Gasteiger charge is -2.02. The Hall–Kier alpha value is -1.32. The van der Waals surface area contributed by atoms with E-state index >= 15 is 0 Å². The predicted molar refractivity (Wildman–Crippen MR) is 59.4 cm³/mol. The summed E-state index contributed by atoms with van der Waals surface area (Å²) in [4.78, 5) is 0. The van der Waals surface area contributed by atoms with Gasteiger partial charge in [0.15, 0.2) is 0 Å². The molecule has 72 valence electrons. The van der Waals surface area contributed by atoms with E-state index in [4.69, 9.17) is 10.0 Å². The molecule has 0 unspecified atom stereocenters. The fourth-order valence-corrected chi connectivity index (χ4v) is 1.17. The Morgan fingerprint density at radius 3 is 2.43 bits per heavy atom. The van der Waals surface area contributed by atoms with Crippen LogP contribution in [0.15, 0.2) is 48.5 Å². The quantitative estimate of drug-likeness (QED) is 0.557. The standard InChI is InChI=1S/C11H13BO2/c1-2-6-11(12(13)14)9-10-7-4-3-5-8-10/h2-5,7-9,13-14H,1,6H2/b11-9+. The first-order valence-electron chi connectivity index (χ1n) is 4.46. The first-order chi connectivity index (χ1) is 6.74. The van der Waals surface area contributed by atoms with Crippen LogP contribution < -0.4 is 0 Å². The van der Waals surface area contributed by atoms with Crippen molar-refractivity contribution in [2.24, 2.45) is 0 Å². The molecule has 0 spiro atoms. The highest BCUT2D eigenvalue weighted by Gasteiger charge is 2.12. The monoisotopic (exact) mass is 188 g/mol. The summed E-state index contributed by atoms with van der Waals surface area (Å²) in [6, 6.07) is 9.54. The summed E-state index contributed by atoms with van der Waals surface area (Å²) in [5.41, 5.74) is 1.50. The first-order valence-corrected chi connectivity index (χ1v) is 4.46. The Morgan fingerprint density at radius 2 is 1.93 bits per heavy atom. The van der Waals surface area contributed by atoms with E-state index < -0.39 is 7.12 Å². The molecule has 0 saturated heterocycles. The third-order valence-electron chi connectivity index (χ3n) is 1.86. The highest BCUT2D eigenvalue weighted by Crippen LogP contribution is 2.10. The lowest BCUT2D eigenvalue weighted by molar-refractivity contribution is 0.418. The third kappa shape index (κ3) is 3.20. The molecular formula is C11H13BO2. The van der Waals surface area contributed by atoms with E-state index in [9.17, 15) is 0 Å². The van der Waals surface area contributed by atoms with Crippen molar-refractivity contribution in [3.63, 3.8) is 0 Å². The molecule has 3 heteroatoms. The average molecular weight is 188 g/mol. The van der Waals surface area contributed by atoms with Gasteiger partial charge >= 0.3 is 7.12 Å². The maximum absolute atomic E-state index is 9.04. The molecule has 0 bridgehead atoms. The van der Waals surface area contributed by atoms with Gasteiger partial charge in [-0.1, -0.05) is 42.5 Å². The highest BCUT2D eigenvalue weighted by atomic mass is 16.4. The fourth-order valence-electron chi connectivity index (χ4n) is 1.17. The van der Waals surface area contributed by atoms with Gasteiger partial charge < -0.3 is 10.0 Å². The van der Waals surface area contributed by atoms with Gasteiger partial charge in [0, 0.05) is 0 Å². The molecule has 0 atom stereocenters. The van der Waals surface area contributed by atoms with Crippen molar-refractivity contribution in [1.29, 1.82) is 0 Å². The molecule has 0 aromatic heterocycles. The van der Waals surface area contributed by atoms with Crippen LogP contribution in [0.3, 0.4) is 0 Å². The number of allylic oxidation sites excluding steroid dienone is 2. The molecule has 0 aliphatic heterocycles.